The van der Waals surface area contributed by atoms with E-state index in [0.29, 0.717) is 27.8 Å². The number of nitrogens with zero attached hydrogens (tertiary/aromatic N) is 2. The molecular weight excluding hydrogens is 516 g/mol. The second kappa shape index (κ2) is 12.1. The van der Waals surface area contributed by atoms with Crippen molar-refractivity contribution in [3.63, 3.8) is 0 Å². The van der Waals surface area contributed by atoms with Gasteiger partial charge in [-0.2, -0.15) is 0 Å². The van der Waals surface area contributed by atoms with Crippen molar-refractivity contribution in [3.05, 3.63) is 135 Å². The number of carbonyl (C=O) groups excluding carboxylic acids is 3. The molecule has 0 saturated carbocycles. The Balaban J connectivity index is 1.52. The minimum Gasteiger partial charge on any atom is -0.318 e. The number of benzene rings is 4. The largest absolute Gasteiger partial charge is 0.332 e. The van der Waals surface area contributed by atoms with E-state index in [1.807, 2.05) is 30.3 Å². The van der Waals surface area contributed by atoms with E-state index in [-0.39, 0.29) is 17.2 Å². The van der Waals surface area contributed by atoms with Crippen LogP contribution in [-0.4, -0.2) is 28.2 Å². The lowest BCUT2D eigenvalue weighted by Gasteiger charge is -2.09. The summed E-state index contributed by atoms with van der Waals surface area (Å²) in [6.07, 6.45) is 0. The number of non-ortho nitro benzene ring substituents is 1. The van der Waals surface area contributed by atoms with Gasteiger partial charge >= 0.3 is 5.97 Å². The molecule has 0 saturated heterocycles. The molecule has 0 radical (unpaired) electrons. The highest BCUT2D eigenvalue weighted by molar-refractivity contribution is 7.99. The van der Waals surface area contributed by atoms with Crippen molar-refractivity contribution in [3.8, 4) is 0 Å². The van der Waals surface area contributed by atoms with Gasteiger partial charge in [-0.3, -0.25) is 19.7 Å². The highest BCUT2D eigenvalue weighted by Gasteiger charge is 2.21. The van der Waals surface area contributed by atoms with Gasteiger partial charge in [0.15, 0.2) is 11.5 Å². The van der Waals surface area contributed by atoms with Crippen molar-refractivity contribution in [1.29, 1.82) is 0 Å². The third-order valence-electron chi connectivity index (χ3n) is 5.66. The number of hydrogen-bond donors (Lipinski definition) is 0. The predicted molar refractivity (Wildman–Crippen MR) is 147 cm³/mol. The summed E-state index contributed by atoms with van der Waals surface area (Å²) in [4.78, 5) is 54.4. The van der Waals surface area contributed by atoms with Crippen molar-refractivity contribution in [1.82, 2.24) is 0 Å². The van der Waals surface area contributed by atoms with Gasteiger partial charge in [0.05, 0.1) is 4.92 Å². The molecule has 0 bridgehead atoms. The van der Waals surface area contributed by atoms with E-state index >= 15 is 0 Å². The molecule has 0 aliphatic carbocycles. The van der Waals surface area contributed by atoms with Crippen molar-refractivity contribution >= 4 is 40.7 Å². The van der Waals surface area contributed by atoms with Crippen LogP contribution in [0.1, 0.15) is 44.3 Å². The average Bonchev–Trinajstić information content (AvgIpc) is 2.94. The summed E-state index contributed by atoms with van der Waals surface area (Å²) >= 11 is 1.46. The van der Waals surface area contributed by atoms with Crippen LogP contribution in [0.15, 0.2) is 112 Å². The van der Waals surface area contributed by atoms with Gasteiger partial charge in [-0.25, -0.2) is 4.79 Å². The molecule has 0 fully saturated rings. The first-order valence-corrected chi connectivity index (χ1v) is 12.6. The molecule has 9 heteroatoms. The Labute approximate surface area is 228 Å². The lowest BCUT2D eigenvalue weighted by Crippen LogP contribution is -2.18. The topological polar surface area (TPSA) is 116 Å². The third kappa shape index (κ3) is 6.71. The summed E-state index contributed by atoms with van der Waals surface area (Å²) in [5.74, 6) is -1.26. The molecule has 8 nitrogen and oxygen atoms in total. The summed E-state index contributed by atoms with van der Waals surface area (Å²) in [5, 5.41) is 14.8. The first kappa shape index (κ1) is 27.2. The lowest BCUT2D eigenvalue weighted by molar-refractivity contribution is -0.384. The Morgan fingerprint density at radius 3 is 1.90 bits per heavy atom. The van der Waals surface area contributed by atoms with Crippen LogP contribution in [0.3, 0.4) is 0 Å². The van der Waals surface area contributed by atoms with E-state index < -0.39 is 16.7 Å². The van der Waals surface area contributed by atoms with E-state index in [1.165, 1.54) is 30.0 Å². The zero-order valence-electron chi connectivity index (χ0n) is 21.0. The number of carbonyl (C=O) groups is 3. The van der Waals surface area contributed by atoms with Gasteiger partial charge in [-0.1, -0.05) is 47.2 Å². The van der Waals surface area contributed by atoms with Crippen LogP contribution < -0.4 is 0 Å². The van der Waals surface area contributed by atoms with Gasteiger partial charge in [0, 0.05) is 51.1 Å². The Morgan fingerprint density at radius 2 is 1.36 bits per heavy atom. The number of hydrogen-bond acceptors (Lipinski definition) is 8. The van der Waals surface area contributed by atoms with Gasteiger partial charge in [0.1, 0.15) is 0 Å². The first-order chi connectivity index (χ1) is 18.7. The molecule has 0 spiro atoms. The molecule has 39 heavy (non-hydrogen) atoms. The maximum absolute atomic E-state index is 13.3. The summed E-state index contributed by atoms with van der Waals surface area (Å²) in [6, 6.07) is 27.1. The summed E-state index contributed by atoms with van der Waals surface area (Å²) < 4.78 is 0. The quantitative estimate of drug-likeness (QED) is 0.0792. The van der Waals surface area contributed by atoms with Crippen LogP contribution in [0.25, 0.3) is 0 Å². The average molecular weight is 539 g/mol. The van der Waals surface area contributed by atoms with Crippen molar-refractivity contribution in [2.24, 2.45) is 5.16 Å². The summed E-state index contributed by atoms with van der Waals surface area (Å²) in [5.41, 5.74) is 1.99. The number of ketones is 2. The molecule has 0 atom stereocenters. The van der Waals surface area contributed by atoms with Gasteiger partial charge in [0.25, 0.3) is 5.69 Å². The van der Waals surface area contributed by atoms with Crippen molar-refractivity contribution in [2.75, 3.05) is 0 Å². The molecule has 0 unspecified atom stereocenters. The molecule has 194 valence electrons. The van der Waals surface area contributed by atoms with Crippen LogP contribution in [0.4, 0.5) is 5.69 Å². The molecule has 0 amide bonds. The summed E-state index contributed by atoms with van der Waals surface area (Å²) in [6.45, 7) is 2.77. The normalized spacial score (nSPS) is 11.1. The molecule has 0 N–H and O–H groups in total. The summed E-state index contributed by atoms with van der Waals surface area (Å²) in [7, 11) is 0. The minimum absolute atomic E-state index is 0.0514. The smallest absolute Gasteiger partial charge is 0.318 e. The van der Waals surface area contributed by atoms with Gasteiger partial charge in [-0.15, -0.1) is 0 Å². The van der Waals surface area contributed by atoms with E-state index in [4.69, 9.17) is 4.84 Å². The molecule has 0 aromatic heterocycles. The van der Waals surface area contributed by atoms with E-state index in [0.717, 1.165) is 16.7 Å². The monoisotopic (exact) mass is 538 g/mol. The fourth-order valence-electron chi connectivity index (χ4n) is 3.73. The SMILES string of the molecule is CC(=O)ON=C(C(=O)c1ccc(Sc2ccc(C(=O)c3ccccc3)cc2)cc1)c1ccc([N+](=O)[O-])cc1C. The van der Waals surface area contributed by atoms with Crippen LogP contribution in [0.5, 0.6) is 0 Å². The zero-order chi connectivity index (χ0) is 27.9. The van der Waals surface area contributed by atoms with Crippen LogP contribution in [0.2, 0.25) is 0 Å². The van der Waals surface area contributed by atoms with Gasteiger partial charge in [-0.05, 0) is 67.1 Å². The Hall–Kier alpha value is -4.89. The Morgan fingerprint density at radius 1 is 0.795 bits per heavy atom. The maximum Gasteiger partial charge on any atom is 0.332 e. The number of Topliss-reactive ketones (excluding diaryl/α,β-unsaturated/α-hetero) is 1. The van der Waals surface area contributed by atoms with E-state index in [9.17, 15) is 24.5 Å². The van der Waals surface area contributed by atoms with E-state index in [1.54, 1.807) is 55.5 Å². The zero-order valence-corrected chi connectivity index (χ0v) is 21.8. The van der Waals surface area contributed by atoms with Crippen molar-refractivity contribution < 1.29 is 24.1 Å². The van der Waals surface area contributed by atoms with Gasteiger partial charge in [0.2, 0.25) is 5.78 Å². The first-order valence-electron chi connectivity index (χ1n) is 11.8. The van der Waals surface area contributed by atoms with Crippen LogP contribution in [-0.2, 0) is 9.63 Å². The molecule has 0 heterocycles. The molecule has 4 aromatic carbocycles. The van der Waals surface area contributed by atoms with Crippen LogP contribution >= 0.6 is 11.8 Å². The number of nitro groups is 1. The number of rotatable bonds is 9. The molecule has 0 aliphatic rings. The van der Waals surface area contributed by atoms with Crippen molar-refractivity contribution in [2.45, 2.75) is 23.6 Å². The molecule has 0 aliphatic heterocycles. The standard InChI is InChI=1S/C30H22N2O6S/c1-19-18-24(32(36)37)12-17-27(19)28(31-38-20(2)33)30(35)23-10-15-26(16-11-23)39-25-13-8-22(9-14-25)29(34)21-6-4-3-5-7-21/h3-18H,1-2H3. The van der Waals surface area contributed by atoms with Gasteiger partial charge < -0.3 is 4.84 Å². The Kier molecular flexibility index (Phi) is 8.43. The second-order valence-electron chi connectivity index (χ2n) is 8.45. The maximum atomic E-state index is 13.3. The Bertz CT molecular complexity index is 1580. The van der Waals surface area contributed by atoms with Crippen LogP contribution in [0, 0.1) is 17.0 Å². The fourth-order valence-corrected chi connectivity index (χ4v) is 4.54. The number of oxime groups is 1. The predicted octanol–water partition coefficient (Wildman–Crippen LogP) is 6.44. The molecule has 4 rings (SSSR count). The molecular formula is C30H22N2O6S. The minimum atomic E-state index is -0.705. The fraction of sp³-hybridized carbons (Fsp3) is 0.0667. The highest BCUT2D eigenvalue weighted by atomic mass is 32.2. The van der Waals surface area contributed by atoms with E-state index in [2.05, 4.69) is 5.16 Å². The lowest BCUT2D eigenvalue weighted by atomic mass is 9.97. The highest BCUT2D eigenvalue weighted by Crippen LogP contribution is 2.29. The molecule has 4 aromatic rings. The number of aryl methyl sites for hydroxylation is 1. The number of nitro benzene ring substituents is 1. The third-order valence-corrected chi connectivity index (χ3v) is 6.68. The second-order valence-corrected chi connectivity index (χ2v) is 9.60.